The van der Waals surface area contributed by atoms with Gasteiger partial charge in [-0.25, -0.2) is 16.8 Å². The van der Waals surface area contributed by atoms with E-state index >= 15 is 0 Å². The molecule has 2 unspecified atom stereocenters. The summed E-state index contributed by atoms with van der Waals surface area (Å²) in [6.07, 6.45) is 4.89. The van der Waals surface area contributed by atoms with E-state index in [2.05, 4.69) is 13.8 Å². The Bertz CT molecular complexity index is 1090. The minimum absolute atomic E-state index is 0.00673. The van der Waals surface area contributed by atoms with E-state index in [4.69, 9.17) is 0 Å². The lowest BCUT2D eigenvalue weighted by Gasteiger charge is -2.55. The largest absolute Gasteiger partial charge is 0.300 e. The van der Waals surface area contributed by atoms with E-state index in [0.29, 0.717) is 27.7 Å². The van der Waals surface area contributed by atoms with Crippen LogP contribution in [0.2, 0.25) is 0 Å². The molecule has 0 radical (unpaired) electrons. The molecule has 1 aromatic carbocycles. The third kappa shape index (κ3) is 3.82. The molecule has 9 heteroatoms. The Kier molecular flexibility index (Phi) is 5.47. The number of hydrogen-bond acceptors (Lipinski definition) is 6. The second-order valence-electron chi connectivity index (χ2n) is 9.44. The molecule has 0 aliphatic heterocycles. The molecule has 3 atom stereocenters. The molecule has 30 heavy (non-hydrogen) atoms. The first-order valence-corrected chi connectivity index (χ1v) is 13.7. The number of carbonyl (C=O) groups is 2. The smallest absolute Gasteiger partial charge is 0.245 e. The summed E-state index contributed by atoms with van der Waals surface area (Å²) in [5.41, 5.74) is 0.393. The molecule has 166 valence electrons. The monoisotopic (exact) mass is 455 g/mol. The predicted molar refractivity (Wildman–Crippen MR) is 116 cm³/mol. The molecule has 3 rings (SSSR count). The Hall–Kier alpha value is -1.74. The van der Waals surface area contributed by atoms with E-state index < -0.39 is 25.5 Å². The standard InChI is InChI=1S/C21H29NO6S2/c1-14(23)13-20(2)9-6-10-21(3)17-11-15(22(29(4,25)26)30(5,27)28)7-8-16(17)18(24)12-19(20)21/h7-8,11,19H,6,9-10,12-13H2,1-5H3/t19?,20-,21?/m1/s1. The van der Waals surface area contributed by atoms with Gasteiger partial charge in [0.15, 0.2) is 5.78 Å². The SMILES string of the molecule is CC(=O)C[C@@]1(C)CCCC2(C)c3cc(N(S(C)(=O)=O)S(C)(=O)=O)ccc3C(=O)CC21. The first-order chi connectivity index (χ1) is 13.6. The summed E-state index contributed by atoms with van der Waals surface area (Å²) in [5.74, 6) is -0.0575. The number of rotatable bonds is 5. The van der Waals surface area contributed by atoms with Crippen molar-refractivity contribution in [1.82, 2.24) is 0 Å². The van der Waals surface area contributed by atoms with Crippen LogP contribution in [0.15, 0.2) is 18.2 Å². The van der Waals surface area contributed by atoms with Crippen molar-refractivity contribution in [1.29, 1.82) is 0 Å². The van der Waals surface area contributed by atoms with Crippen LogP contribution in [0, 0.1) is 11.3 Å². The number of nitrogens with zero attached hydrogens (tertiary/aromatic N) is 1. The zero-order valence-electron chi connectivity index (χ0n) is 18.1. The number of benzene rings is 1. The fourth-order valence-corrected chi connectivity index (χ4v) is 8.80. The van der Waals surface area contributed by atoms with Crippen molar-refractivity contribution >= 4 is 37.3 Å². The molecular weight excluding hydrogens is 426 g/mol. The fourth-order valence-electron chi connectivity index (χ4n) is 5.84. The molecule has 1 saturated carbocycles. The summed E-state index contributed by atoms with van der Waals surface area (Å²) >= 11 is 0. The van der Waals surface area contributed by atoms with Gasteiger partial charge in [-0.2, -0.15) is 3.71 Å². The normalized spacial score (nSPS) is 29.1. The highest BCUT2D eigenvalue weighted by Crippen LogP contribution is 2.58. The fraction of sp³-hybridized carbons (Fsp3) is 0.619. The molecule has 2 aliphatic rings. The van der Waals surface area contributed by atoms with Crippen molar-refractivity contribution in [3.8, 4) is 0 Å². The van der Waals surface area contributed by atoms with Crippen LogP contribution in [0.3, 0.4) is 0 Å². The van der Waals surface area contributed by atoms with E-state index in [1.54, 1.807) is 13.0 Å². The van der Waals surface area contributed by atoms with Gasteiger partial charge in [0.1, 0.15) is 5.78 Å². The number of anilines is 1. The van der Waals surface area contributed by atoms with Crippen LogP contribution >= 0.6 is 0 Å². The van der Waals surface area contributed by atoms with Crippen LogP contribution in [0.5, 0.6) is 0 Å². The van der Waals surface area contributed by atoms with E-state index in [0.717, 1.165) is 31.8 Å². The Morgan fingerprint density at radius 3 is 2.23 bits per heavy atom. The average molecular weight is 456 g/mol. The van der Waals surface area contributed by atoms with Gasteiger partial charge in [-0.1, -0.05) is 20.3 Å². The van der Waals surface area contributed by atoms with Gasteiger partial charge in [-0.3, -0.25) is 4.79 Å². The first kappa shape index (κ1) is 22.9. The maximum Gasteiger partial charge on any atom is 0.245 e. The number of hydrogen-bond donors (Lipinski definition) is 0. The molecular formula is C21H29NO6S2. The summed E-state index contributed by atoms with van der Waals surface area (Å²) in [5, 5.41) is 0. The molecule has 1 fully saturated rings. The maximum atomic E-state index is 13.0. The van der Waals surface area contributed by atoms with Crippen LogP contribution < -0.4 is 3.71 Å². The van der Waals surface area contributed by atoms with Crippen LogP contribution in [-0.2, 0) is 30.3 Å². The Balaban J connectivity index is 2.22. The summed E-state index contributed by atoms with van der Waals surface area (Å²) in [7, 11) is -8.18. The highest BCUT2D eigenvalue weighted by atomic mass is 32.3. The topological polar surface area (TPSA) is 106 Å². The molecule has 0 N–H and O–H groups in total. The highest BCUT2D eigenvalue weighted by Gasteiger charge is 2.54. The molecule has 0 bridgehead atoms. The first-order valence-electron chi connectivity index (χ1n) is 9.97. The summed E-state index contributed by atoms with van der Waals surface area (Å²) in [6, 6.07) is 4.45. The molecule has 1 aromatic rings. The highest BCUT2D eigenvalue weighted by molar-refractivity contribution is 8.09. The molecule has 7 nitrogen and oxygen atoms in total. The van der Waals surface area contributed by atoms with E-state index in [1.807, 2.05) is 0 Å². The molecule has 0 spiro atoms. The summed E-state index contributed by atoms with van der Waals surface area (Å²) in [6.45, 7) is 5.66. The van der Waals surface area contributed by atoms with Crippen molar-refractivity contribution in [3.63, 3.8) is 0 Å². The van der Waals surface area contributed by atoms with E-state index in [1.165, 1.54) is 12.1 Å². The lowest BCUT2D eigenvalue weighted by Crippen LogP contribution is -2.51. The summed E-state index contributed by atoms with van der Waals surface area (Å²) in [4.78, 5) is 25.0. The quantitative estimate of drug-likeness (QED) is 0.676. The zero-order valence-corrected chi connectivity index (χ0v) is 19.7. The zero-order chi connectivity index (χ0) is 22.7. The van der Waals surface area contributed by atoms with Crippen molar-refractivity contribution < 1.29 is 26.4 Å². The van der Waals surface area contributed by atoms with Gasteiger partial charge in [0, 0.05) is 18.4 Å². The average Bonchev–Trinajstić information content (AvgIpc) is 2.54. The molecule has 2 aliphatic carbocycles. The van der Waals surface area contributed by atoms with Gasteiger partial charge < -0.3 is 4.79 Å². The van der Waals surface area contributed by atoms with Crippen molar-refractivity contribution in [3.05, 3.63) is 29.3 Å². The van der Waals surface area contributed by atoms with E-state index in [9.17, 15) is 26.4 Å². The molecule has 0 amide bonds. The predicted octanol–water partition coefficient (Wildman–Crippen LogP) is 3.04. The Morgan fingerprint density at radius 1 is 1.10 bits per heavy atom. The minimum atomic E-state index is -4.09. The second kappa shape index (κ2) is 7.15. The molecule has 0 heterocycles. The lowest BCUT2D eigenvalue weighted by atomic mass is 9.48. The van der Waals surface area contributed by atoms with Gasteiger partial charge in [0.25, 0.3) is 0 Å². The lowest BCUT2D eigenvalue weighted by molar-refractivity contribution is -0.121. The second-order valence-corrected chi connectivity index (χ2v) is 13.3. The molecule has 0 saturated heterocycles. The van der Waals surface area contributed by atoms with Gasteiger partial charge >= 0.3 is 0 Å². The van der Waals surface area contributed by atoms with Crippen LogP contribution in [0.1, 0.15) is 68.8 Å². The van der Waals surface area contributed by atoms with Crippen molar-refractivity contribution in [2.45, 2.75) is 58.3 Å². The number of fused-ring (bicyclic) bond motifs is 3. The van der Waals surface area contributed by atoms with Crippen LogP contribution in [0.25, 0.3) is 0 Å². The van der Waals surface area contributed by atoms with Crippen LogP contribution in [0.4, 0.5) is 5.69 Å². The van der Waals surface area contributed by atoms with E-state index in [-0.39, 0.29) is 28.6 Å². The van der Waals surface area contributed by atoms with Gasteiger partial charge in [0.2, 0.25) is 20.0 Å². The van der Waals surface area contributed by atoms with Crippen LogP contribution in [-0.4, -0.2) is 40.9 Å². The maximum absolute atomic E-state index is 13.0. The van der Waals surface area contributed by atoms with Gasteiger partial charge in [0.05, 0.1) is 18.2 Å². The summed E-state index contributed by atoms with van der Waals surface area (Å²) < 4.78 is 49.4. The number of sulfonamides is 2. The van der Waals surface area contributed by atoms with Crippen molar-refractivity contribution in [2.24, 2.45) is 11.3 Å². The van der Waals surface area contributed by atoms with Gasteiger partial charge in [-0.15, -0.1) is 0 Å². The van der Waals surface area contributed by atoms with Crippen molar-refractivity contribution in [2.75, 3.05) is 16.2 Å². The third-order valence-electron chi connectivity index (χ3n) is 6.83. The molecule has 0 aromatic heterocycles. The number of ketones is 2. The Morgan fingerprint density at radius 2 is 1.70 bits per heavy atom. The number of Topliss-reactive ketones (excluding diaryl/α,β-unsaturated/α-hetero) is 2. The Labute approximate surface area is 178 Å². The minimum Gasteiger partial charge on any atom is -0.300 e. The van der Waals surface area contributed by atoms with Gasteiger partial charge in [-0.05, 0) is 60.3 Å². The number of carbonyl (C=O) groups excluding carboxylic acids is 2. The third-order valence-corrected chi connectivity index (χ3v) is 10.1.